The van der Waals surface area contributed by atoms with E-state index in [2.05, 4.69) is 0 Å². The summed E-state index contributed by atoms with van der Waals surface area (Å²) >= 11 is 0. The average Bonchev–Trinajstić information content (AvgIpc) is 2.23. The molecule has 0 aliphatic carbocycles. The lowest BCUT2D eigenvalue weighted by atomic mass is 10.2. The van der Waals surface area contributed by atoms with Crippen LogP contribution in [0.5, 0.6) is 0 Å². The normalized spacial score (nSPS) is 10.4. The number of anilines is 1. The second-order valence-corrected chi connectivity index (χ2v) is 3.38. The van der Waals surface area contributed by atoms with E-state index in [0.29, 0.717) is 19.2 Å². The maximum absolute atomic E-state index is 13.4. The third-order valence-corrected chi connectivity index (χ3v) is 2.31. The van der Waals surface area contributed by atoms with Crippen LogP contribution in [0.1, 0.15) is 6.92 Å². The Morgan fingerprint density at radius 1 is 1.47 bits per heavy atom. The molecule has 0 saturated carbocycles. The van der Waals surface area contributed by atoms with E-state index in [4.69, 9.17) is 5.73 Å². The Balaban J connectivity index is 3.32. The molecule has 1 aromatic carbocycles. The first-order valence-electron chi connectivity index (χ1n) is 5.09. The van der Waals surface area contributed by atoms with Crippen LogP contribution in [-0.4, -0.2) is 24.6 Å². The molecule has 2 N–H and O–H groups in total. The van der Waals surface area contributed by atoms with Crippen molar-refractivity contribution in [3.8, 4) is 0 Å². The van der Waals surface area contributed by atoms with Crippen molar-refractivity contribution in [3.63, 3.8) is 0 Å². The molecule has 1 aromatic rings. The minimum absolute atomic E-state index is 0.0829. The topological polar surface area (TPSA) is 72.4 Å². The zero-order valence-electron chi connectivity index (χ0n) is 9.32. The Bertz CT molecular complexity index is 426. The van der Waals surface area contributed by atoms with Crippen molar-refractivity contribution in [1.29, 1.82) is 0 Å². The van der Waals surface area contributed by atoms with Gasteiger partial charge in [-0.15, -0.1) is 0 Å². The summed E-state index contributed by atoms with van der Waals surface area (Å²) in [5.74, 6) is -2.03. The summed E-state index contributed by atoms with van der Waals surface area (Å²) in [6, 6.07) is 1.44. The van der Waals surface area contributed by atoms with Crippen LogP contribution in [0.3, 0.4) is 0 Å². The molecule has 0 aromatic heterocycles. The Morgan fingerprint density at radius 2 is 2.12 bits per heavy atom. The smallest absolute Gasteiger partial charge is 0.328 e. The molecule has 0 fully saturated rings. The molecular formula is C10H13F2N3O2. The molecule has 0 aliphatic rings. The first-order chi connectivity index (χ1) is 8.01. The quantitative estimate of drug-likeness (QED) is 0.632. The Hall–Kier alpha value is -1.76. The Morgan fingerprint density at radius 3 is 2.59 bits per heavy atom. The van der Waals surface area contributed by atoms with Crippen LogP contribution < -0.4 is 10.6 Å². The van der Waals surface area contributed by atoms with Gasteiger partial charge in [0.25, 0.3) is 0 Å². The highest BCUT2D eigenvalue weighted by molar-refractivity contribution is 5.64. The van der Waals surface area contributed by atoms with Gasteiger partial charge in [-0.05, 0) is 6.92 Å². The highest BCUT2D eigenvalue weighted by Crippen LogP contribution is 2.31. The predicted octanol–water partition coefficient (Wildman–Crippen LogP) is 1.66. The molecule has 1 rings (SSSR count). The van der Waals surface area contributed by atoms with Crippen molar-refractivity contribution in [2.75, 3.05) is 24.5 Å². The van der Waals surface area contributed by atoms with Gasteiger partial charge in [-0.2, -0.15) is 4.39 Å². The summed E-state index contributed by atoms with van der Waals surface area (Å²) in [5.41, 5.74) is 4.54. The molecule has 0 spiro atoms. The first kappa shape index (κ1) is 13.3. The van der Waals surface area contributed by atoms with Crippen molar-refractivity contribution in [2.45, 2.75) is 6.92 Å². The zero-order valence-corrected chi connectivity index (χ0v) is 9.32. The predicted molar refractivity (Wildman–Crippen MR) is 60.0 cm³/mol. The van der Waals surface area contributed by atoms with Crippen molar-refractivity contribution < 1.29 is 13.7 Å². The van der Waals surface area contributed by atoms with Crippen molar-refractivity contribution in [3.05, 3.63) is 33.9 Å². The van der Waals surface area contributed by atoms with Crippen molar-refractivity contribution >= 4 is 11.4 Å². The molecule has 0 radical (unpaired) electrons. The van der Waals surface area contributed by atoms with Crippen LogP contribution >= 0.6 is 0 Å². The molecule has 0 heterocycles. The van der Waals surface area contributed by atoms with Gasteiger partial charge in [0.15, 0.2) is 0 Å². The van der Waals surface area contributed by atoms with Gasteiger partial charge < -0.3 is 10.6 Å². The number of hydrogen-bond acceptors (Lipinski definition) is 4. The SMILES string of the molecule is CCN(CCN)c1cc(F)cc(F)c1[N+](=O)[O-]. The van der Waals surface area contributed by atoms with E-state index in [1.807, 2.05) is 0 Å². The standard InChI is InChI=1S/C10H13F2N3O2/c1-2-14(4-3-13)9-6-7(11)5-8(12)10(9)15(16)17/h5-6H,2-4,13H2,1H3. The van der Waals surface area contributed by atoms with Crippen molar-refractivity contribution in [2.24, 2.45) is 5.73 Å². The van der Waals surface area contributed by atoms with Gasteiger partial charge in [0, 0.05) is 31.8 Å². The number of halogens is 2. The van der Waals surface area contributed by atoms with Crippen LogP contribution in [0.25, 0.3) is 0 Å². The van der Waals surface area contributed by atoms with E-state index in [1.165, 1.54) is 4.90 Å². The number of nitro benzene ring substituents is 1. The fourth-order valence-corrected chi connectivity index (χ4v) is 1.58. The third-order valence-electron chi connectivity index (χ3n) is 2.31. The molecular weight excluding hydrogens is 232 g/mol. The van der Waals surface area contributed by atoms with Gasteiger partial charge in [0.05, 0.1) is 4.92 Å². The van der Waals surface area contributed by atoms with E-state index in [1.54, 1.807) is 6.92 Å². The third kappa shape index (κ3) is 2.88. The average molecular weight is 245 g/mol. The summed E-state index contributed by atoms with van der Waals surface area (Å²) in [4.78, 5) is 11.4. The van der Waals surface area contributed by atoms with E-state index in [0.717, 1.165) is 6.07 Å². The number of likely N-dealkylation sites (N-methyl/N-ethyl adjacent to an activating group) is 1. The van der Waals surface area contributed by atoms with Gasteiger partial charge in [0.1, 0.15) is 11.5 Å². The summed E-state index contributed by atoms with van der Waals surface area (Å²) < 4.78 is 26.4. The minimum atomic E-state index is -1.18. The number of rotatable bonds is 5. The van der Waals surface area contributed by atoms with Crippen LogP contribution in [0.4, 0.5) is 20.2 Å². The van der Waals surface area contributed by atoms with Gasteiger partial charge >= 0.3 is 5.69 Å². The molecule has 0 amide bonds. The van der Waals surface area contributed by atoms with Gasteiger partial charge in [-0.1, -0.05) is 0 Å². The van der Waals surface area contributed by atoms with Crippen LogP contribution in [0.2, 0.25) is 0 Å². The van der Waals surface area contributed by atoms with E-state index in [-0.39, 0.29) is 12.2 Å². The lowest BCUT2D eigenvalue weighted by Crippen LogP contribution is -2.30. The fraction of sp³-hybridized carbons (Fsp3) is 0.400. The van der Waals surface area contributed by atoms with Crippen LogP contribution in [0, 0.1) is 21.7 Å². The van der Waals surface area contributed by atoms with E-state index in [9.17, 15) is 18.9 Å². The van der Waals surface area contributed by atoms with E-state index >= 15 is 0 Å². The van der Waals surface area contributed by atoms with Crippen molar-refractivity contribution in [1.82, 2.24) is 0 Å². The van der Waals surface area contributed by atoms with Crippen LogP contribution in [0.15, 0.2) is 12.1 Å². The second-order valence-electron chi connectivity index (χ2n) is 3.38. The zero-order chi connectivity index (χ0) is 13.0. The molecule has 5 nitrogen and oxygen atoms in total. The highest BCUT2D eigenvalue weighted by Gasteiger charge is 2.25. The summed E-state index contributed by atoms with van der Waals surface area (Å²) in [5, 5.41) is 10.8. The minimum Gasteiger partial charge on any atom is -0.365 e. The fourth-order valence-electron chi connectivity index (χ4n) is 1.58. The lowest BCUT2D eigenvalue weighted by Gasteiger charge is -2.22. The maximum Gasteiger partial charge on any atom is 0.328 e. The number of nitrogens with two attached hydrogens (primary N) is 1. The molecule has 0 atom stereocenters. The van der Waals surface area contributed by atoms with Gasteiger partial charge in [0.2, 0.25) is 5.82 Å². The summed E-state index contributed by atoms with van der Waals surface area (Å²) in [6.45, 7) is 2.63. The number of nitro groups is 1. The van der Waals surface area contributed by atoms with Gasteiger partial charge in [-0.3, -0.25) is 10.1 Å². The molecule has 0 saturated heterocycles. The molecule has 0 aliphatic heterocycles. The van der Waals surface area contributed by atoms with Crippen LogP contribution in [-0.2, 0) is 0 Å². The molecule has 7 heteroatoms. The molecule has 94 valence electrons. The maximum atomic E-state index is 13.4. The largest absolute Gasteiger partial charge is 0.365 e. The Labute approximate surface area is 97.0 Å². The first-order valence-corrected chi connectivity index (χ1v) is 5.09. The number of benzene rings is 1. The molecule has 17 heavy (non-hydrogen) atoms. The van der Waals surface area contributed by atoms with Gasteiger partial charge in [-0.25, -0.2) is 4.39 Å². The lowest BCUT2D eigenvalue weighted by molar-refractivity contribution is -0.386. The monoisotopic (exact) mass is 245 g/mol. The molecule has 0 bridgehead atoms. The summed E-state index contributed by atoms with van der Waals surface area (Å²) in [6.07, 6.45) is 0. The Kier molecular flexibility index (Phi) is 4.33. The highest BCUT2D eigenvalue weighted by atomic mass is 19.1. The summed E-state index contributed by atoms with van der Waals surface area (Å²) in [7, 11) is 0. The van der Waals surface area contributed by atoms with E-state index < -0.39 is 22.2 Å². The second kappa shape index (κ2) is 5.53. The number of nitrogens with zero attached hydrogens (tertiary/aromatic N) is 2. The molecule has 0 unspecified atom stereocenters. The number of hydrogen-bond donors (Lipinski definition) is 1.